The molecule has 0 bridgehead atoms. The van der Waals surface area contributed by atoms with E-state index in [0.717, 1.165) is 47.5 Å². The predicted molar refractivity (Wildman–Crippen MR) is 165 cm³/mol. The number of rotatable bonds is 16. The zero-order valence-electron chi connectivity index (χ0n) is 25.0. The number of aryl methyl sites for hydroxylation is 1. The monoisotopic (exact) mass is 586 g/mol. The number of amides is 2. The van der Waals surface area contributed by atoms with Crippen molar-refractivity contribution in [2.24, 2.45) is 0 Å². The van der Waals surface area contributed by atoms with Gasteiger partial charge in [-0.3, -0.25) is 14.4 Å². The number of benzene rings is 2. The van der Waals surface area contributed by atoms with Gasteiger partial charge in [0.25, 0.3) is 0 Å². The van der Waals surface area contributed by atoms with E-state index in [1.165, 1.54) is 25.7 Å². The van der Waals surface area contributed by atoms with Crippen LogP contribution in [0.1, 0.15) is 70.3 Å². The second-order valence-corrected chi connectivity index (χ2v) is 11.0. The van der Waals surface area contributed by atoms with Crippen LogP contribution >= 0.6 is 0 Å². The van der Waals surface area contributed by atoms with Gasteiger partial charge in [-0.15, -0.1) is 0 Å². The number of carboxylic acids is 1. The highest BCUT2D eigenvalue weighted by Crippen LogP contribution is 2.24. The van der Waals surface area contributed by atoms with E-state index in [1.807, 2.05) is 60.9 Å². The van der Waals surface area contributed by atoms with Crippen molar-refractivity contribution in [3.05, 3.63) is 66.5 Å². The van der Waals surface area contributed by atoms with E-state index in [4.69, 9.17) is 9.84 Å². The number of carboxylic acid groups (broad SMARTS) is 1. The smallest absolute Gasteiger partial charge is 0.305 e. The molecule has 2 heterocycles. The van der Waals surface area contributed by atoms with Gasteiger partial charge in [-0.25, -0.2) is 9.97 Å². The molecule has 2 N–H and O–H groups in total. The Labute approximate surface area is 253 Å². The summed E-state index contributed by atoms with van der Waals surface area (Å²) in [7, 11) is 0. The number of hydrogen-bond acceptors (Lipinski definition) is 6. The van der Waals surface area contributed by atoms with E-state index in [9.17, 15) is 14.4 Å². The summed E-state index contributed by atoms with van der Waals surface area (Å²) in [5, 5.41) is 11.4. The third-order valence-corrected chi connectivity index (χ3v) is 7.71. The quantitative estimate of drug-likeness (QED) is 0.207. The third-order valence-electron chi connectivity index (χ3n) is 7.71. The van der Waals surface area contributed by atoms with Crippen LogP contribution in [0.25, 0.3) is 22.5 Å². The number of unbranched alkanes of at least 4 members (excludes halogenated alkanes) is 4. The number of aliphatic carboxylic acids is 1. The van der Waals surface area contributed by atoms with Crippen LogP contribution in [0, 0.1) is 0 Å². The molecule has 1 aliphatic rings. The first-order valence-corrected chi connectivity index (χ1v) is 15.4. The Kier molecular flexibility index (Phi) is 12.1. The topological polar surface area (TPSA) is 122 Å². The van der Waals surface area contributed by atoms with Gasteiger partial charge in [-0.1, -0.05) is 69.0 Å². The number of aromatic nitrogens is 2. The molecule has 0 spiro atoms. The van der Waals surface area contributed by atoms with Crippen molar-refractivity contribution in [2.45, 2.75) is 77.2 Å². The van der Waals surface area contributed by atoms with Crippen molar-refractivity contribution < 1.29 is 24.2 Å². The van der Waals surface area contributed by atoms with Crippen LogP contribution in [0.3, 0.4) is 0 Å². The van der Waals surface area contributed by atoms with E-state index in [1.54, 1.807) is 4.90 Å². The predicted octanol–water partition coefficient (Wildman–Crippen LogP) is 5.67. The highest BCUT2D eigenvalue weighted by molar-refractivity contribution is 5.88. The minimum atomic E-state index is -0.968. The van der Waals surface area contributed by atoms with E-state index in [0.29, 0.717) is 31.6 Å². The van der Waals surface area contributed by atoms with E-state index >= 15 is 0 Å². The van der Waals surface area contributed by atoms with Crippen LogP contribution in [-0.4, -0.2) is 63.5 Å². The molecule has 1 aliphatic heterocycles. The van der Waals surface area contributed by atoms with E-state index in [2.05, 4.69) is 22.2 Å². The zero-order valence-corrected chi connectivity index (χ0v) is 25.0. The molecule has 2 amide bonds. The van der Waals surface area contributed by atoms with Gasteiger partial charge in [0.2, 0.25) is 11.8 Å². The number of ether oxygens (including phenoxy) is 1. The molecule has 9 heteroatoms. The number of nitrogens with one attached hydrogen (secondary N) is 1. The van der Waals surface area contributed by atoms with Gasteiger partial charge in [-0.05, 0) is 48.9 Å². The van der Waals surface area contributed by atoms with E-state index < -0.39 is 12.0 Å². The van der Waals surface area contributed by atoms with Gasteiger partial charge in [0.15, 0.2) is 5.82 Å². The summed E-state index contributed by atoms with van der Waals surface area (Å²) in [6, 6.07) is 15.4. The lowest BCUT2D eigenvalue weighted by molar-refractivity contribution is -0.139. The standard InChI is InChI=1S/C34H42N4O5/c1-2-3-4-5-6-22-43-29-16-14-26(15-17-29)28-23-36-33(37-24-28)27-12-9-25(10-13-27)11-18-31(39)38-21-7-8-30(38)34(42)35-20-19-32(40)41/h9-10,12-17,23-24,30H,2-8,11,18-22H2,1H3,(H,35,42)(H,40,41)/t30-/m0/s1. The van der Waals surface area contributed by atoms with E-state index in [-0.39, 0.29) is 24.8 Å². The van der Waals surface area contributed by atoms with Crippen molar-refractivity contribution in [3.8, 4) is 28.3 Å². The van der Waals surface area contributed by atoms with Crippen molar-refractivity contribution in [2.75, 3.05) is 19.7 Å². The molecule has 43 heavy (non-hydrogen) atoms. The molecule has 0 radical (unpaired) electrons. The number of nitrogens with zero attached hydrogens (tertiary/aromatic N) is 3. The maximum Gasteiger partial charge on any atom is 0.305 e. The van der Waals surface area contributed by atoms with Crippen LogP contribution in [0.4, 0.5) is 0 Å². The molecule has 1 saturated heterocycles. The average Bonchev–Trinajstić information content (AvgIpc) is 3.53. The Hall–Kier alpha value is -4.27. The number of carbonyl (C=O) groups is 3. The van der Waals surface area contributed by atoms with Gasteiger partial charge in [0.05, 0.1) is 13.0 Å². The Balaban J connectivity index is 1.24. The van der Waals surface area contributed by atoms with Crippen LogP contribution in [0.2, 0.25) is 0 Å². The summed E-state index contributed by atoms with van der Waals surface area (Å²) in [4.78, 5) is 46.8. The van der Waals surface area contributed by atoms with Crippen molar-refractivity contribution in [1.29, 1.82) is 0 Å². The molecule has 3 aromatic rings. The van der Waals surface area contributed by atoms with Gasteiger partial charge < -0.3 is 20.1 Å². The summed E-state index contributed by atoms with van der Waals surface area (Å²) >= 11 is 0. The fourth-order valence-corrected chi connectivity index (χ4v) is 5.23. The minimum absolute atomic E-state index is 0.0629. The molecular formula is C34H42N4O5. The number of hydrogen-bond donors (Lipinski definition) is 2. The fraction of sp³-hybridized carbons (Fsp3) is 0.441. The summed E-state index contributed by atoms with van der Waals surface area (Å²) in [6.45, 7) is 3.56. The molecule has 1 aromatic heterocycles. The highest BCUT2D eigenvalue weighted by atomic mass is 16.5. The Morgan fingerprint density at radius 1 is 0.907 bits per heavy atom. The molecule has 0 aliphatic carbocycles. The maximum absolute atomic E-state index is 12.9. The third kappa shape index (κ3) is 9.63. The maximum atomic E-state index is 12.9. The summed E-state index contributed by atoms with van der Waals surface area (Å²) in [6.07, 6.45) is 11.8. The van der Waals surface area contributed by atoms with Crippen LogP contribution < -0.4 is 10.1 Å². The zero-order chi connectivity index (χ0) is 30.4. The van der Waals surface area contributed by atoms with Crippen molar-refractivity contribution in [1.82, 2.24) is 20.2 Å². The van der Waals surface area contributed by atoms with Gasteiger partial charge in [0.1, 0.15) is 11.8 Å². The number of likely N-dealkylation sites (tertiary alicyclic amines) is 1. The summed E-state index contributed by atoms with van der Waals surface area (Å²) in [5.74, 6) is 0.183. The van der Waals surface area contributed by atoms with Crippen molar-refractivity contribution in [3.63, 3.8) is 0 Å². The first kappa shape index (κ1) is 31.7. The summed E-state index contributed by atoms with van der Waals surface area (Å²) < 4.78 is 5.87. The second-order valence-electron chi connectivity index (χ2n) is 11.0. The molecule has 1 fully saturated rings. The Morgan fingerprint density at radius 2 is 1.60 bits per heavy atom. The molecule has 1 atom stereocenters. The van der Waals surface area contributed by atoms with Gasteiger partial charge in [-0.2, -0.15) is 0 Å². The Morgan fingerprint density at radius 3 is 2.30 bits per heavy atom. The first-order valence-electron chi connectivity index (χ1n) is 15.4. The largest absolute Gasteiger partial charge is 0.494 e. The summed E-state index contributed by atoms with van der Waals surface area (Å²) in [5.41, 5.74) is 3.86. The lowest BCUT2D eigenvalue weighted by Crippen LogP contribution is -2.46. The molecule has 0 unspecified atom stereocenters. The SMILES string of the molecule is CCCCCCCOc1ccc(-c2cnc(-c3ccc(CCC(=O)N4CCC[C@H]4C(=O)NCCC(=O)O)cc3)nc2)cc1. The van der Waals surface area contributed by atoms with Crippen LogP contribution in [-0.2, 0) is 20.8 Å². The molecule has 9 nitrogen and oxygen atoms in total. The lowest BCUT2D eigenvalue weighted by atomic mass is 10.1. The minimum Gasteiger partial charge on any atom is -0.494 e. The fourth-order valence-electron chi connectivity index (χ4n) is 5.23. The average molecular weight is 587 g/mol. The van der Waals surface area contributed by atoms with Gasteiger partial charge >= 0.3 is 5.97 Å². The highest BCUT2D eigenvalue weighted by Gasteiger charge is 2.33. The normalized spacial score (nSPS) is 14.4. The second kappa shape index (κ2) is 16.4. The molecule has 2 aromatic carbocycles. The van der Waals surface area contributed by atoms with Crippen LogP contribution in [0.15, 0.2) is 60.9 Å². The van der Waals surface area contributed by atoms with Crippen molar-refractivity contribution >= 4 is 17.8 Å². The molecule has 4 rings (SSSR count). The molecular weight excluding hydrogens is 544 g/mol. The number of carbonyl (C=O) groups excluding carboxylic acids is 2. The molecule has 228 valence electrons. The Bertz CT molecular complexity index is 1330. The van der Waals surface area contributed by atoms with Crippen LogP contribution in [0.5, 0.6) is 5.75 Å². The van der Waals surface area contributed by atoms with Gasteiger partial charge in [0, 0.05) is 43.0 Å². The first-order chi connectivity index (χ1) is 20.9. The molecule has 0 saturated carbocycles. The lowest BCUT2D eigenvalue weighted by Gasteiger charge is -2.24.